The zero-order valence-electron chi connectivity index (χ0n) is 15.7. The Labute approximate surface area is 155 Å². The van der Waals surface area contributed by atoms with E-state index in [9.17, 15) is 4.39 Å². The van der Waals surface area contributed by atoms with Crippen LogP contribution < -0.4 is 14.5 Å². The largest absolute Gasteiger partial charge is 0.488 e. The van der Waals surface area contributed by atoms with E-state index in [1.807, 2.05) is 12.1 Å². The van der Waals surface area contributed by atoms with Crippen molar-refractivity contribution in [2.24, 2.45) is 0 Å². The molecule has 2 aromatic carbocycles. The molecule has 1 saturated heterocycles. The highest BCUT2D eigenvalue weighted by molar-refractivity contribution is 5.46. The van der Waals surface area contributed by atoms with Crippen molar-refractivity contribution in [2.75, 3.05) is 31.1 Å². The van der Waals surface area contributed by atoms with Gasteiger partial charge in [0.05, 0.1) is 26.2 Å². The highest BCUT2D eigenvalue weighted by atomic mass is 19.1. The Morgan fingerprint density at radius 1 is 1.08 bits per heavy atom. The van der Waals surface area contributed by atoms with E-state index >= 15 is 0 Å². The van der Waals surface area contributed by atoms with E-state index in [2.05, 4.69) is 36.9 Å². The van der Waals surface area contributed by atoms with Crippen LogP contribution in [0.1, 0.15) is 31.4 Å². The Hall–Kier alpha value is -2.07. The molecule has 1 fully saturated rings. The van der Waals surface area contributed by atoms with Crippen LogP contribution in [0.3, 0.4) is 0 Å². The van der Waals surface area contributed by atoms with E-state index in [0.29, 0.717) is 0 Å². The summed E-state index contributed by atoms with van der Waals surface area (Å²) in [5, 5.41) is 0. The average molecular weight is 355 g/mol. The van der Waals surface area contributed by atoms with Crippen molar-refractivity contribution in [1.29, 1.82) is 0 Å². The second-order valence-corrected chi connectivity index (χ2v) is 8.19. The van der Waals surface area contributed by atoms with Gasteiger partial charge in [-0.2, -0.15) is 0 Å². The molecule has 2 aliphatic rings. The Morgan fingerprint density at radius 2 is 1.81 bits per heavy atom. The van der Waals surface area contributed by atoms with Crippen molar-refractivity contribution in [3.8, 4) is 5.75 Å². The standard InChI is InChI=1S/C22H27FN2O/c1-22(2)10-9-18-15-17(3-8-21(18)26-22)16-24-11-13-25(14-12-24)20-6-4-19(23)5-7-20/h3-8,15H,9-14,16H2,1-2H3/p+1. The Balaban J connectivity index is 1.35. The quantitative estimate of drug-likeness (QED) is 0.912. The lowest BCUT2D eigenvalue weighted by Crippen LogP contribution is -3.13. The van der Waals surface area contributed by atoms with E-state index in [1.165, 1.54) is 11.1 Å². The van der Waals surface area contributed by atoms with Gasteiger partial charge in [-0.05, 0) is 74.7 Å². The smallest absolute Gasteiger partial charge is 0.123 e. The number of benzene rings is 2. The summed E-state index contributed by atoms with van der Waals surface area (Å²) in [6.07, 6.45) is 2.18. The first kappa shape index (κ1) is 17.3. The van der Waals surface area contributed by atoms with Gasteiger partial charge in [-0.25, -0.2) is 4.39 Å². The minimum Gasteiger partial charge on any atom is -0.488 e. The molecule has 0 bridgehead atoms. The molecular formula is C22H28FN2O+. The van der Waals surface area contributed by atoms with E-state index in [4.69, 9.17) is 4.74 Å². The molecule has 0 aliphatic carbocycles. The summed E-state index contributed by atoms with van der Waals surface area (Å²) in [7, 11) is 0. The fraction of sp³-hybridized carbons (Fsp3) is 0.455. The maximum atomic E-state index is 13.1. The minimum absolute atomic E-state index is 0.0452. The summed E-state index contributed by atoms with van der Waals surface area (Å²) >= 11 is 0. The third-order valence-electron chi connectivity index (χ3n) is 5.62. The van der Waals surface area contributed by atoms with Gasteiger partial charge in [0.25, 0.3) is 0 Å². The van der Waals surface area contributed by atoms with E-state index in [1.54, 1.807) is 17.0 Å². The number of hydrogen-bond donors (Lipinski definition) is 1. The van der Waals surface area contributed by atoms with E-state index in [-0.39, 0.29) is 11.4 Å². The SMILES string of the molecule is CC1(C)CCc2cc(C[NH+]3CCN(c4ccc(F)cc4)CC3)ccc2O1. The number of fused-ring (bicyclic) bond motifs is 1. The molecule has 0 unspecified atom stereocenters. The van der Waals surface area contributed by atoms with Crippen LogP contribution in [0.15, 0.2) is 42.5 Å². The van der Waals surface area contributed by atoms with Gasteiger partial charge in [-0.3, -0.25) is 0 Å². The molecule has 2 aromatic rings. The normalized spacial score (nSPS) is 19.7. The highest BCUT2D eigenvalue weighted by Gasteiger charge is 2.27. The first-order chi connectivity index (χ1) is 12.5. The number of hydrogen-bond acceptors (Lipinski definition) is 2. The van der Waals surface area contributed by atoms with Crippen molar-refractivity contribution in [3.63, 3.8) is 0 Å². The third kappa shape index (κ3) is 3.85. The molecule has 2 aliphatic heterocycles. The van der Waals surface area contributed by atoms with Crippen LogP contribution in [0, 0.1) is 5.82 Å². The summed E-state index contributed by atoms with van der Waals surface area (Å²) in [5.41, 5.74) is 3.83. The minimum atomic E-state index is -0.169. The molecule has 0 amide bonds. The molecule has 0 aromatic heterocycles. The van der Waals surface area contributed by atoms with E-state index in [0.717, 1.165) is 57.0 Å². The van der Waals surface area contributed by atoms with Gasteiger partial charge in [0.2, 0.25) is 0 Å². The van der Waals surface area contributed by atoms with Crippen molar-refractivity contribution >= 4 is 5.69 Å². The molecule has 4 heteroatoms. The van der Waals surface area contributed by atoms with Gasteiger partial charge in [0.15, 0.2) is 0 Å². The molecular weight excluding hydrogens is 327 g/mol. The van der Waals surface area contributed by atoms with Crippen LogP contribution in [0.4, 0.5) is 10.1 Å². The average Bonchev–Trinajstić information content (AvgIpc) is 2.63. The lowest BCUT2D eigenvalue weighted by molar-refractivity contribution is -0.914. The van der Waals surface area contributed by atoms with Crippen LogP contribution >= 0.6 is 0 Å². The van der Waals surface area contributed by atoms with Crippen molar-refractivity contribution < 1.29 is 14.0 Å². The summed E-state index contributed by atoms with van der Waals surface area (Å²) < 4.78 is 19.2. The fourth-order valence-corrected chi connectivity index (χ4v) is 4.02. The summed E-state index contributed by atoms with van der Waals surface area (Å²) in [6, 6.07) is 13.6. The molecule has 1 N–H and O–H groups in total. The third-order valence-corrected chi connectivity index (χ3v) is 5.62. The van der Waals surface area contributed by atoms with Crippen molar-refractivity contribution in [3.05, 3.63) is 59.4 Å². The molecule has 0 atom stereocenters. The first-order valence-corrected chi connectivity index (χ1v) is 9.63. The number of halogens is 1. The molecule has 4 rings (SSSR count). The van der Waals surface area contributed by atoms with Crippen LogP contribution in [0.25, 0.3) is 0 Å². The maximum absolute atomic E-state index is 13.1. The number of rotatable bonds is 3. The second-order valence-electron chi connectivity index (χ2n) is 8.19. The molecule has 26 heavy (non-hydrogen) atoms. The van der Waals surface area contributed by atoms with Gasteiger partial charge < -0.3 is 14.5 Å². The lowest BCUT2D eigenvalue weighted by Gasteiger charge is -2.34. The Morgan fingerprint density at radius 3 is 2.54 bits per heavy atom. The van der Waals surface area contributed by atoms with Gasteiger partial charge in [-0.1, -0.05) is 0 Å². The van der Waals surface area contributed by atoms with E-state index < -0.39 is 0 Å². The molecule has 0 saturated carbocycles. The fourth-order valence-electron chi connectivity index (χ4n) is 4.02. The van der Waals surface area contributed by atoms with Gasteiger partial charge in [0.1, 0.15) is 23.7 Å². The van der Waals surface area contributed by atoms with Crippen LogP contribution in [0.5, 0.6) is 5.75 Å². The molecule has 0 spiro atoms. The van der Waals surface area contributed by atoms with Crippen LogP contribution in [0.2, 0.25) is 0 Å². The van der Waals surface area contributed by atoms with Gasteiger partial charge in [-0.15, -0.1) is 0 Å². The van der Waals surface area contributed by atoms with Gasteiger partial charge >= 0.3 is 0 Å². The number of piperazine rings is 1. The number of ether oxygens (including phenoxy) is 1. The molecule has 3 nitrogen and oxygen atoms in total. The number of nitrogens with one attached hydrogen (secondary N) is 1. The number of anilines is 1. The topological polar surface area (TPSA) is 16.9 Å². The van der Waals surface area contributed by atoms with Crippen molar-refractivity contribution in [1.82, 2.24) is 0 Å². The number of nitrogens with zero attached hydrogens (tertiary/aromatic N) is 1. The molecule has 2 heterocycles. The monoisotopic (exact) mass is 355 g/mol. The molecule has 0 radical (unpaired) electrons. The summed E-state index contributed by atoms with van der Waals surface area (Å²) in [5.74, 6) is 0.888. The summed E-state index contributed by atoms with van der Waals surface area (Å²) in [4.78, 5) is 3.96. The van der Waals surface area contributed by atoms with Gasteiger partial charge in [0, 0.05) is 11.3 Å². The predicted molar refractivity (Wildman–Crippen MR) is 102 cm³/mol. The van der Waals surface area contributed by atoms with Crippen LogP contribution in [-0.2, 0) is 13.0 Å². The predicted octanol–water partition coefficient (Wildman–Crippen LogP) is 2.83. The maximum Gasteiger partial charge on any atom is 0.123 e. The lowest BCUT2D eigenvalue weighted by atomic mass is 9.93. The highest BCUT2D eigenvalue weighted by Crippen LogP contribution is 2.33. The van der Waals surface area contributed by atoms with Crippen molar-refractivity contribution in [2.45, 2.75) is 38.8 Å². The zero-order chi connectivity index (χ0) is 18.1. The Kier molecular flexibility index (Phi) is 4.62. The van der Waals surface area contributed by atoms with Crippen LogP contribution in [-0.4, -0.2) is 31.8 Å². The molecule has 138 valence electrons. The summed E-state index contributed by atoms with van der Waals surface area (Å²) in [6.45, 7) is 9.64. The first-order valence-electron chi connectivity index (χ1n) is 9.63. The number of quaternary nitrogens is 1. The number of aryl methyl sites for hydroxylation is 1. The zero-order valence-corrected chi connectivity index (χ0v) is 15.7. The Bertz CT molecular complexity index is 764. The second kappa shape index (κ2) is 6.92.